The van der Waals surface area contributed by atoms with E-state index in [0.717, 1.165) is 29.8 Å². The normalized spacial score (nSPS) is 14.7. The van der Waals surface area contributed by atoms with Gasteiger partial charge in [-0.2, -0.15) is 5.10 Å². The minimum atomic E-state index is 0.164. The standard InChI is InChI=1S/C13H12N2O2/c16-10-4-1-3-9(7-10)15-12-5-2-6-13(17)11(12)8-14-15/h1,3-4,7-8,16H,2,5-6H2. The van der Waals surface area contributed by atoms with Crippen LogP contribution in [0.2, 0.25) is 0 Å². The summed E-state index contributed by atoms with van der Waals surface area (Å²) >= 11 is 0. The molecule has 1 aromatic carbocycles. The summed E-state index contributed by atoms with van der Waals surface area (Å²) in [5.41, 5.74) is 2.47. The van der Waals surface area contributed by atoms with Crippen LogP contribution < -0.4 is 0 Å². The van der Waals surface area contributed by atoms with E-state index in [4.69, 9.17) is 0 Å². The Balaban J connectivity index is 2.13. The molecule has 0 unspecified atom stereocenters. The maximum atomic E-state index is 11.7. The van der Waals surface area contributed by atoms with E-state index < -0.39 is 0 Å². The number of benzene rings is 1. The maximum absolute atomic E-state index is 11.7. The van der Waals surface area contributed by atoms with Crippen molar-refractivity contribution in [2.24, 2.45) is 0 Å². The molecule has 0 radical (unpaired) electrons. The number of Topliss-reactive ketones (excluding diaryl/α,β-unsaturated/α-hetero) is 1. The zero-order valence-corrected chi connectivity index (χ0v) is 9.26. The molecular weight excluding hydrogens is 216 g/mol. The third kappa shape index (κ3) is 1.62. The topological polar surface area (TPSA) is 55.1 Å². The number of ketones is 1. The summed E-state index contributed by atoms with van der Waals surface area (Å²) in [5, 5.41) is 13.7. The van der Waals surface area contributed by atoms with Gasteiger partial charge in [0.1, 0.15) is 5.75 Å². The average molecular weight is 228 g/mol. The van der Waals surface area contributed by atoms with Crippen LogP contribution in [0.3, 0.4) is 0 Å². The third-order valence-electron chi connectivity index (χ3n) is 3.06. The van der Waals surface area contributed by atoms with Crippen molar-refractivity contribution in [2.75, 3.05) is 0 Å². The SMILES string of the molecule is O=C1CCCc2c1cnn2-c1cccc(O)c1. The number of phenols is 1. The van der Waals surface area contributed by atoms with E-state index in [9.17, 15) is 9.90 Å². The largest absolute Gasteiger partial charge is 0.508 e. The van der Waals surface area contributed by atoms with E-state index in [1.807, 2.05) is 6.07 Å². The molecule has 0 fully saturated rings. The van der Waals surface area contributed by atoms with Gasteiger partial charge in [0.2, 0.25) is 0 Å². The van der Waals surface area contributed by atoms with Gasteiger partial charge in [-0.3, -0.25) is 4.79 Å². The summed E-state index contributed by atoms with van der Waals surface area (Å²) in [6, 6.07) is 6.90. The van der Waals surface area contributed by atoms with Crippen LogP contribution in [0.5, 0.6) is 5.75 Å². The Hall–Kier alpha value is -2.10. The Bertz CT molecular complexity index is 587. The molecule has 2 aromatic rings. The van der Waals surface area contributed by atoms with Crippen LogP contribution in [0, 0.1) is 0 Å². The number of phenolic OH excluding ortho intramolecular Hbond substituents is 1. The molecule has 1 N–H and O–H groups in total. The van der Waals surface area contributed by atoms with Crippen molar-refractivity contribution in [3.63, 3.8) is 0 Å². The highest BCUT2D eigenvalue weighted by Crippen LogP contribution is 2.24. The number of aromatic nitrogens is 2. The van der Waals surface area contributed by atoms with Crippen molar-refractivity contribution in [1.82, 2.24) is 9.78 Å². The van der Waals surface area contributed by atoms with Gasteiger partial charge >= 0.3 is 0 Å². The molecule has 0 aliphatic heterocycles. The second kappa shape index (κ2) is 3.73. The predicted molar refractivity (Wildman–Crippen MR) is 62.5 cm³/mol. The summed E-state index contributed by atoms with van der Waals surface area (Å²) < 4.78 is 1.74. The Labute approximate surface area is 98.5 Å². The number of nitrogens with zero attached hydrogens (tertiary/aromatic N) is 2. The summed E-state index contributed by atoms with van der Waals surface area (Å²) in [4.78, 5) is 11.7. The molecule has 1 aliphatic carbocycles. The van der Waals surface area contributed by atoms with E-state index in [1.54, 1.807) is 29.1 Å². The van der Waals surface area contributed by atoms with E-state index in [0.29, 0.717) is 6.42 Å². The minimum Gasteiger partial charge on any atom is -0.508 e. The van der Waals surface area contributed by atoms with Crippen LogP contribution in [0.15, 0.2) is 30.5 Å². The van der Waals surface area contributed by atoms with Crippen LogP contribution in [-0.2, 0) is 6.42 Å². The fraction of sp³-hybridized carbons (Fsp3) is 0.231. The van der Waals surface area contributed by atoms with Crippen molar-refractivity contribution >= 4 is 5.78 Å². The minimum absolute atomic E-state index is 0.164. The van der Waals surface area contributed by atoms with E-state index in [1.165, 1.54) is 0 Å². The summed E-state index contributed by atoms with van der Waals surface area (Å²) in [6.45, 7) is 0. The molecule has 0 bridgehead atoms. The van der Waals surface area contributed by atoms with Gasteiger partial charge in [0.25, 0.3) is 0 Å². The number of carbonyl (C=O) groups is 1. The molecule has 0 atom stereocenters. The smallest absolute Gasteiger partial charge is 0.166 e. The van der Waals surface area contributed by atoms with Crippen molar-refractivity contribution in [3.05, 3.63) is 41.7 Å². The van der Waals surface area contributed by atoms with Gasteiger partial charge in [0, 0.05) is 12.5 Å². The third-order valence-corrected chi connectivity index (χ3v) is 3.06. The molecule has 0 amide bonds. The first kappa shape index (κ1) is 10.1. The Morgan fingerprint density at radius 3 is 3.00 bits per heavy atom. The lowest BCUT2D eigenvalue weighted by molar-refractivity contribution is 0.0972. The Kier molecular flexibility index (Phi) is 2.21. The molecule has 0 saturated carbocycles. The fourth-order valence-electron chi connectivity index (χ4n) is 2.25. The van der Waals surface area contributed by atoms with Crippen LogP contribution in [0.4, 0.5) is 0 Å². The quantitative estimate of drug-likeness (QED) is 0.813. The molecule has 1 aliphatic rings. The van der Waals surface area contributed by atoms with Gasteiger partial charge in [-0.25, -0.2) is 4.68 Å². The molecule has 4 nitrogen and oxygen atoms in total. The van der Waals surface area contributed by atoms with Crippen LogP contribution >= 0.6 is 0 Å². The first-order valence-corrected chi connectivity index (χ1v) is 5.65. The number of hydrogen-bond donors (Lipinski definition) is 1. The molecule has 1 heterocycles. The Morgan fingerprint density at radius 2 is 2.18 bits per heavy atom. The number of carbonyl (C=O) groups excluding carboxylic acids is 1. The molecule has 0 spiro atoms. The van der Waals surface area contributed by atoms with Gasteiger partial charge in [-0.15, -0.1) is 0 Å². The average Bonchev–Trinajstić information content (AvgIpc) is 2.74. The predicted octanol–water partition coefficient (Wildman–Crippen LogP) is 2.10. The molecular formula is C13H12N2O2. The van der Waals surface area contributed by atoms with E-state index in [2.05, 4.69) is 5.10 Å². The van der Waals surface area contributed by atoms with Crippen molar-refractivity contribution in [1.29, 1.82) is 0 Å². The van der Waals surface area contributed by atoms with Gasteiger partial charge in [0.05, 0.1) is 23.1 Å². The zero-order chi connectivity index (χ0) is 11.8. The van der Waals surface area contributed by atoms with Crippen molar-refractivity contribution in [3.8, 4) is 11.4 Å². The van der Waals surface area contributed by atoms with E-state index >= 15 is 0 Å². The monoisotopic (exact) mass is 228 g/mol. The Morgan fingerprint density at radius 1 is 1.29 bits per heavy atom. The van der Waals surface area contributed by atoms with Gasteiger partial charge in [-0.05, 0) is 25.0 Å². The summed E-state index contributed by atoms with van der Waals surface area (Å²) in [5.74, 6) is 0.367. The summed E-state index contributed by atoms with van der Waals surface area (Å²) in [7, 11) is 0. The van der Waals surface area contributed by atoms with Gasteiger partial charge in [-0.1, -0.05) is 6.07 Å². The maximum Gasteiger partial charge on any atom is 0.166 e. The number of rotatable bonds is 1. The first-order valence-electron chi connectivity index (χ1n) is 5.65. The van der Waals surface area contributed by atoms with Gasteiger partial charge in [0.15, 0.2) is 5.78 Å². The molecule has 1 aromatic heterocycles. The number of fused-ring (bicyclic) bond motifs is 1. The first-order chi connectivity index (χ1) is 8.25. The molecule has 86 valence electrons. The molecule has 4 heteroatoms. The fourth-order valence-corrected chi connectivity index (χ4v) is 2.25. The second-order valence-electron chi connectivity index (χ2n) is 4.21. The number of hydrogen-bond acceptors (Lipinski definition) is 3. The van der Waals surface area contributed by atoms with Gasteiger partial charge < -0.3 is 5.11 Å². The zero-order valence-electron chi connectivity index (χ0n) is 9.26. The van der Waals surface area contributed by atoms with Crippen LogP contribution in [-0.4, -0.2) is 20.7 Å². The lowest BCUT2D eigenvalue weighted by atomic mass is 9.97. The highest BCUT2D eigenvalue weighted by atomic mass is 16.3. The van der Waals surface area contributed by atoms with Crippen molar-refractivity contribution < 1.29 is 9.90 Å². The molecule has 17 heavy (non-hydrogen) atoms. The molecule has 3 rings (SSSR count). The highest BCUT2D eigenvalue weighted by molar-refractivity contribution is 5.98. The van der Waals surface area contributed by atoms with Crippen LogP contribution in [0.1, 0.15) is 28.9 Å². The number of aromatic hydroxyl groups is 1. The lowest BCUT2D eigenvalue weighted by Gasteiger charge is -2.13. The van der Waals surface area contributed by atoms with E-state index in [-0.39, 0.29) is 11.5 Å². The molecule has 0 saturated heterocycles. The second-order valence-corrected chi connectivity index (χ2v) is 4.21. The lowest BCUT2D eigenvalue weighted by Crippen LogP contribution is -2.12. The van der Waals surface area contributed by atoms with Crippen LogP contribution in [0.25, 0.3) is 5.69 Å². The summed E-state index contributed by atoms with van der Waals surface area (Å²) in [6.07, 6.45) is 3.96. The van der Waals surface area contributed by atoms with Crippen molar-refractivity contribution in [2.45, 2.75) is 19.3 Å². The highest BCUT2D eigenvalue weighted by Gasteiger charge is 2.22.